The standard InChI is InChI=1S/C24H27N3O/c1-17-16-26(23-15-21-4-2-3-5-22(21)25-23)12-13-27(17)24(28)14-18-6-8-19(9-7-18)20-10-11-20/h2-9,17,20H,10-16H2,1H3. The molecule has 1 saturated carbocycles. The summed E-state index contributed by atoms with van der Waals surface area (Å²) in [7, 11) is 0. The number of amidine groups is 1. The monoisotopic (exact) mass is 373 g/mol. The molecule has 2 fully saturated rings. The first-order valence-electron chi connectivity index (χ1n) is 10.5. The number of aliphatic imine (C=N–C) groups is 1. The van der Waals surface area contributed by atoms with Crippen LogP contribution in [0.2, 0.25) is 0 Å². The zero-order valence-corrected chi connectivity index (χ0v) is 16.5. The van der Waals surface area contributed by atoms with Crippen LogP contribution in [0.4, 0.5) is 5.69 Å². The first-order valence-corrected chi connectivity index (χ1v) is 10.5. The van der Waals surface area contributed by atoms with Crippen LogP contribution in [-0.4, -0.2) is 47.2 Å². The average Bonchev–Trinajstić information content (AvgIpc) is 3.46. The Morgan fingerprint density at radius 2 is 1.86 bits per heavy atom. The molecular weight excluding hydrogens is 346 g/mol. The molecule has 28 heavy (non-hydrogen) atoms. The molecule has 0 N–H and O–H groups in total. The predicted octanol–water partition coefficient (Wildman–Crippen LogP) is 3.93. The van der Waals surface area contributed by atoms with E-state index in [1.807, 2.05) is 11.0 Å². The highest BCUT2D eigenvalue weighted by Gasteiger charge is 2.30. The maximum absolute atomic E-state index is 12.9. The molecule has 1 atom stereocenters. The Labute approximate surface area is 166 Å². The summed E-state index contributed by atoms with van der Waals surface area (Å²) in [4.78, 5) is 22.1. The lowest BCUT2D eigenvalue weighted by Gasteiger charge is -2.41. The van der Waals surface area contributed by atoms with Gasteiger partial charge in [-0.25, -0.2) is 4.99 Å². The summed E-state index contributed by atoms with van der Waals surface area (Å²) >= 11 is 0. The van der Waals surface area contributed by atoms with Gasteiger partial charge in [0.2, 0.25) is 5.91 Å². The lowest BCUT2D eigenvalue weighted by Crippen LogP contribution is -2.55. The Morgan fingerprint density at radius 1 is 1.07 bits per heavy atom. The first-order chi connectivity index (χ1) is 13.7. The number of hydrogen-bond donors (Lipinski definition) is 0. The van der Waals surface area contributed by atoms with Gasteiger partial charge in [0, 0.05) is 32.1 Å². The number of hydrogen-bond acceptors (Lipinski definition) is 3. The molecular formula is C24H27N3O. The van der Waals surface area contributed by atoms with Gasteiger partial charge >= 0.3 is 0 Å². The van der Waals surface area contributed by atoms with E-state index in [2.05, 4.69) is 54.3 Å². The SMILES string of the molecule is CC1CN(C2=Nc3ccccc3C2)CCN1C(=O)Cc1ccc(C2CC2)cc1. The molecule has 2 aromatic carbocycles. The predicted molar refractivity (Wildman–Crippen MR) is 112 cm³/mol. The zero-order chi connectivity index (χ0) is 19.1. The fraction of sp³-hybridized carbons (Fsp3) is 0.417. The number of benzene rings is 2. The van der Waals surface area contributed by atoms with Gasteiger partial charge in [-0.1, -0.05) is 42.5 Å². The molecule has 0 spiro atoms. The van der Waals surface area contributed by atoms with E-state index in [1.54, 1.807) is 0 Å². The van der Waals surface area contributed by atoms with E-state index < -0.39 is 0 Å². The first kappa shape index (κ1) is 17.5. The normalized spacial score (nSPS) is 21.5. The highest BCUT2D eigenvalue weighted by molar-refractivity contribution is 5.92. The number of para-hydroxylation sites is 1. The number of carbonyl (C=O) groups excluding carboxylic acids is 1. The summed E-state index contributed by atoms with van der Waals surface area (Å²) in [6.07, 6.45) is 4.04. The molecule has 4 nitrogen and oxygen atoms in total. The van der Waals surface area contributed by atoms with Crippen LogP contribution < -0.4 is 0 Å². The van der Waals surface area contributed by atoms with Gasteiger partial charge < -0.3 is 9.80 Å². The average molecular weight is 374 g/mol. The van der Waals surface area contributed by atoms with Crippen LogP contribution >= 0.6 is 0 Å². The summed E-state index contributed by atoms with van der Waals surface area (Å²) in [6.45, 7) is 4.65. The fourth-order valence-electron chi connectivity index (χ4n) is 4.46. The summed E-state index contributed by atoms with van der Waals surface area (Å²) in [5, 5.41) is 0. The van der Waals surface area contributed by atoms with E-state index in [1.165, 1.54) is 24.0 Å². The van der Waals surface area contributed by atoms with Gasteiger partial charge in [0.1, 0.15) is 5.84 Å². The smallest absolute Gasteiger partial charge is 0.227 e. The van der Waals surface area contributed by atoms with Crippen molar-refractivity contribution < 1.29 is 4.79 Å². The van der Waals surface area contributed by atoms with Crippen molar-refractivity contribution in [1.29, 1.82) is 0 Å². The maximum atomic E-state index is 12.9. The Kier molecular flexibility index (Phi) is 4.42. The second-order valence-electron chi connectivity index (χ2n) is 8.41. The lowest BCUT2D eigenvalue weighted by atomic mass is 10.0. The van der Waals surface area contributed by atoms with Crippen LogP contribution in [0, 0.1) is 0 Å². The maximum Gasteiger partial charge on any atom is 0.227 e. The molecule has 2 aliphatic heterocycles. The molecule has 3 aliphatic rings. The summed E-state index contributed by atoms with van der Waals surface area (Å²) in [6, 6.07) is 17.3. The van der Waals surface area contributed by atoms with Gasteiger partial charge in [-0.05, 0) is 48.4 Å². The van der Waals surface area contributed by atoms with Gasteiger partial charge in [0.15, 0.2) is 0 Å². The number of piperazine rings is 1. The number of amides is 1. The fourth-order valence-corrected chi connectivity index (χ4v) is 4.46. The third-order valence-corrected chi connectivity index (χ3v) is 6.29. The Bertz CT molecular complexity index is 914. The second-order valence-corrected chi connectivity index (χ2v) is 8.41. The van der Waals surface area contributed by atoms with Crippen molar-refractivity contribution in [3.63, 3.8) is 0 Å². The van der Waals surface area contributed by atoms with E-state index in [0.717, 1.165) is 49.1 Å². The number of fused-ring (bicyclic) bond motifs is 1. The van der Waals surface area contributed by atoms with Gasteiger partial charge in [-0.3, -0.25) is 4.79 Å². The molecule has 1 unspecified atom stereocenters. The highest BCUT2D eigenvalue weighted by Crippen LogP contribution is 2.39. The minimum Gasteiger partial charge on any atom is -0.356 e. The van der Waals surface area contributed by atoms with E-state index in [4.69, 9.17) is 4.99 Å². The van der Waals surface area contributed by atoms with Gasteiger partial charge in [0.25, 0.3) is 0 Å². The Balaban J connectivity index is 1.19. The van der Waals surface area contributed by atoms with Crippen molar-refractivity contribution in [1.82, 2.24) is 9.80 Å². The van der Waals surface area contributed by atoms with Crippen molar-refractivity contribution >= 4 is 17.4 Å². The van der Waals surface area contributed by atoms with Crippen LogP contribution in [0.3, 0.4) is 0 Å². The van der Waals surface area contributed by atoms with Crippen molar-refractivity contribution in [2.75, 3.05) is 19.6 Å². The minimum atomic E-state index is 0.207. The number of nitrogens with zero attached hydrogens (tertiary/aromatic N) is 3. The molecule has 0 aromatic heterocycles. The molecule has 1 amide bonds. The molecule has 5 rings (SSSR count). The highest BCUT2D eigenvalue weighted by atomic mass is 16.2. The lowest BCUT2D eigenvalue weighted by molar-refractivity contribution is -0.134. The van der Waals surface area contributed by atoms with Crippen molar-refractivity contribution in [3.8, 4) is 0 Å². The van der Waals surface area contributed by atoms with Gasteiger partial charge in [-0.15, -0.1) is 0 Å². The van der Waals surface area contributed by atoms with Crippen molar-refractivity contribution in [2.45, 2.75) is 44.6 Å². The molecule has 1 saturated heterocycles. The molecule has 0 radical (unpaired) electrons. The quantitative estimate of drug-likeness (QED) is 0.817. The van der Waals surface area contributed by atoms with E-state index in [-0.39, 0.29) is 11.9 Å². The third kappa shape index (κ3) is 3.44. The van der Waals surface area contributed by atoms with Crippen LogP contribution in [-0.2, 0) is 17.6 Å². The van der Waals surface area contributed by atoms with Crippen molar-refractivity contribution in [3.05, 3.63) is 65.2 Å². The molecule has 144 valence electrons. The molecule has 4 heteroatoms. The van der Waals surface area contributed by atoms with Crippen LogP contribution in [0.25, 0.3) is 0 Å². The molecule has 2 heterocycles. The Hall–Kier alpha value is -2.62. The van der Waals surface area contributed by atoms with E-state index in [9.17, 15) is 4.79 Å². The topological polar surface area (TPSA) is 35.9 Å². The van der Waals surface area contributed by atoms with E-state index >= 15 is 0 Å². The van der Waals surface area contributed by atoms with Crippen LogP contribution in [0.5, 0.6) is 0 Å². The molecule has 1 aliphatic carbocycles. The van der Waals surface area contributed by atoms with E-state index in [0.29, 0.717) is 6.42 Å². The van der Waals surface area contributed by atoms with Crippen molar-refractivity contribution in [2.24, 2.45) is 4.99 Å². The minimum absolute atomic E-state index is 0.207. The summed E-state index contributed by atoms with van der Waals surface area (Å²) in [5.74, 6) is 2.15. The zero-order valence-electron chi connectivity index (χ0n) is 16.5. The number of carbonyl (C=O) groups is 1. The molecule has 2 aromatic rings. The van der Waals surface area contributed by atoms with Crippen LogP contribution in [0.15, 0.2) is 53.5 Å². The molecule has 0 bridgehead atoms. The second kappa shape index (κ2) is 7.08. The van der Waals surface area contributed by atoms with Gasteiger partial charge in [0.05, 0.1) is 12.1 Å². The largest absolute Gasteiger partial charge is 0.356 e. The third-order valence-electron chi connectivity index (χ3n) is 6.29. The Morgan fingerprint density at radius 3 is 2.57 bits per heavy atom. The van der Waals surface area contributed by atoms with Gasteiger partial charge in [-0.2, -0.15) is 0 Å². The summed E-state index contributed by atoms with van der Waals surface area (Å²) < 4.78 is 0. The van der Waals surface area contributed by atoms with Crippen LogP contribution in [0.1, 0.15) is 42.4 Å². The number of rotatable bonds is 3. The summed E-state index contributed by atoms with van der Waals surface area (Å²) in [5.41, 5.74) is 4.95.